The molecule has 0 aromatic heterocycles. The van der Waals surface area contributed by atoms with E-state index in [1.807, 2.05) is 0 Å². The Morgan fingerprint density at radius 2 is 1.88 bits per heavy atom. The molecule has 0 radical (unpaired) electrons. The van der Waals surface area contributed by atoms with E-state index in [2.05, 4.69) is 58.9 Å². The first-order valence-corrected chi connectivity index (χ1v) is 6.93. The SMILES string of the molecule is CC(C)CN(Cc1ccc(Br)cc1)C1CC1. The van der Waals surface area contributed by atoms with E-state index in [0.717, 1.165) is 23.0 Å². The van der Waals surface area contributed by atoms with Crippen LogP contribution < -0.4 is 0 Å². The minimum absolute atomic E-state index is 0.760. The number of hydrogen-bond acceptors (Lipinski definition) is 1. The van der Waals surface area contributed by atoms with Crippen LogP contribution in [0.5, 0.6) is 0 Å². The first kappa shape index (κ1) is 12.1. The van der Waals surface area contributed by atoms with Crippen LogP contribution in [0.15, 0.2) is 28.7 Å². The molecule has 1 saturated carbocycles. The molecule has 0 atom stereocenters. The lowest BCUT2D eigenvalue weighted by Crippen LogP contribution is -2.29. The lowest BCUT2D eigenvalue weighted by Gasteiger charge is -2.24. The summed E-state index contributed by atoms with van der Waals surface area (Å²) in [4.78, 5) is 2.63. The van der Waals surface area contributed by atoms with Crippen molar-refractivity contribution >= 4 is 15.9 Å². The quantitative estimate of drug-likeness (QED) is 0.787. The second-order valence-electron chi connectivity index (χ2n) is 5.18. The van der Waals surface area contributed by atoms with Crippen LogP contribution in [0.3, 0.4) is 0 Å². The summed E-state index contributed by atoms with van der Waals surface area (Å²) in [7, 11) is 0. The number of hydrogen-bond donors (Lipinski definition) is 0. The van der Waals surface area contributed by atoms with Crippen molar-refractivity contribution in [1.82, 2.24) is 4.90 Å². The number of rotatable bonds is 5. The molecule has 1 aliphatic carbocycles. The van der Waals surface area contributed by atoms with Crippen LogP contribution in [0.1, 0.15) is 32.3 Å². The Morgan fingerprint density at radius 3 is 2.38 bits per heavy atom. The van der Waals surface area contributed by atoms with Crippen molar-refractivity contribution in [3.63, 3.8) is 0 Å². The van der Waals surface area contributed by atoms with Gasteiger partial charge in [-0.05, 0) is 36.5 Å². The molecule has 1 aliphatic rings. The zero-order valence-corrected chi connectivity index (χ0v) is 11.7. The molecule has 1 nitrogen and oxygen atoms in total. The third kappa shape index (κ3) is 3.60. The Kier molecular flexibility index (Phi) is 4.04. The Bertz CT molecular complexity index is 327. The van der Waals surface area contributed by atoms with Gasteiger partial charge in [-0.15, -0.1) is 0 Å². The fraction of sp³-hybridized carbons (Fsp3) is 0.571. The molecule has 0 heterocycles. The van der Waals surface area contributed by atoms with Gasteiger partial charge in [0.05, 0.1) is 0 Å². The van der Waals surface area contributed by atoms with Crippen LogP contribution >= 0.6 is 15.9 Å². The molecule has 0 amide bonds. The van der Waals surface area contributed by atoms with Gasteiger partial charge in [-0.3, -0.25) is 4.90 Å². The maximum Gasteiger partial charge on any atom is 0.0236 e. The normalized spacial score (nSPS) is 16.1. The minimum Gasteiger partial charge on any atom is -0.296 e. The first-order valence-electron chi connectivity index (χ1n) is 6.13. The minimum atomic E-state index is 0.760. The van der Waals surface area contributed by atoms with E-state index in [9.17, 15) is 0 Å². The van der Waals surface area contributed by atoms with Crippen molar-refractivity contribution in [3.05, 3.63) is 34.3 Å². The molecule has 0 N–H and O–H groups in total. The summed E-state index contributed by atoms with van der Waals surface area (Å²) in [5.74, 6) is 0.760. The second-order valence-corrected chi connectivity index (χ2v) is 6.10. The molecule has 0 saturated heterocycles. The van der Waals surface area contributed by atoms with Gasteiger partial charge in [0.25, 0.3) is 0 Å². The third-order valence-electron chi connectivity index (χ3n) is 2.96. The highest BCUT2D eigenvalue weighted by molar-refractivity contribution is 9.10. The van der Waals surface area contributed by atoms with Crippen molar-refractivity contribution in [2.45, 2.75) is 39.3 Å². The maximum absolute atomic E-state index is 3.48. The average Bonchev–Trinajstić information content (AvgIpc) is 3.03. The molecule has 88 valence electrons. The highest BCUT2D eigenvalue weighted by atomic mass is 79.9. The van der Waals surface area contributed by atoms with E-state index in [1.54, 1.807) is 0 Å². The zero-order chi connectivity index (χ0) is 11.5. The largest absolute Gasteiger partial charge is 0.296 e. The molecular weight excluding hydrogens is 262 g/mol. The zero-order valence-electron chi connectivity index (χ0n) is 10.1. The van der Waals surface area contributed by atoms with Gasteiger partial charge < -0.3 is 0 Å². The average molecular weight is 282 g/mol. The van der Waals surface area contributed by atoms with Crippen LogP contribution in [-0.4, -0.2) is 17.5 Å². The van der Waals surface area contributed by atoms with Crippen LogP contribution in [-0.2, 0) is 6.54 Å². The van der Waals surface area contributed by atoms with E-state index in [-0.39, 0.29) is 0 Å². The summed E-state index contributed by atoms with van der Waals surface area (Å²) in [5, 5.41) is 0. The monoisotopic (exact) mass is 281 g/mol. The van der Waals surface area contributed by atoms with Gasteiger partial charge in [0, 0.05) is 23.6 Å². The van der Waals surface area contributed by atoms with E-state index in [4.69, 9.17) is 0 Å². The summed E-state index contributed by atoms with van der Waals surface area (Å²) in [6.07, 6.45) is 2.78. The highest BCUT2D eigenvalue weighted by Gasteiger charge is 2.28. The van der Waals surface area contributed by atoms with Gasteiger partial charge in [-0.1, -0.05) is 41.9 Å². The third-order valence-corrected chi connectivity index (χ3v) is 3.49. The highest BCUT2D eigenvalue weighted by Crippen LogP contribution is 2.29. The molecule has 16 heavy (non-hydrogen) atoms. The van der Waals surface area contributed by atoms with Crippen molar-refractivity contribution in [1.29, 1.82) is 0 Å². The van der Waals surface area contributed by atoms with Crippen molar-refractivity contribution in [2.75, 3.05) is 6.54 Å². The van der Waals surface area contributed by atoms with Crippen LogP contribution in [0.2, 0.25) is 0 Å². The van der Waals surface area contributed by atoms with Gasteiger partial charge in [-0.25, -0.2) is 0 Å². The van der Waals surface area contributed by atoms with Crippen LogP contribution in [0, 0.1) is 5.92 Å². The fourth-order valence-electron chi connectivity index (χ4n) is 2.08. The van der Waals surface area contributed by atoms with E-state index >= 15 is 0 Å². The van der Waals surface area contributed by atoms with Gasteiger partial charge >= 0.3 is 0 Å². The molecule has 0 unspecified atom stereocenters. The van der Waals surface area contributed by atoms with E-state index in [0.29, 0.717) is 0 Å². The second kappa shape index (κ2) is 5.33. The molecule has 2 heteroatoms. The van der Waals surface area contributed by atoms with Gasteiger partial charge in [-0.2, -0.15) is 0 Å². The Labute approximate surface area is 107 Å². The van der Waals surface area contributed by atoms with Gasteiger partial charge in [0.2, 0.25) is 0 Å². The van der Waals surface area contributed by atoms with E-state index < -0.39 is 0 Å². The molecule has 2 rings (SSSR count). The Hall–Kier alpha value is -0.340. The standard InChI is InChI=1S/C14H20BrN/c1-11(2)9-16(14-7-8-14)10-12-3-5-13(15)6-4-12/h3-6,11,14H,7-10H2,1-2H3. The predicted molar refractivity (Wildman–Crippen MR) is 72.4 cm³/mol. The topological polar surface area (TPSA) is 3.24 Å². The lowest BCUT2D eigenvalue weighted by atomic mass is 10.1. The van der Waals surface area contributed by atoms with E-state index in [1.165, 1.54) is 24.9 Å². The molecular formula is C14H20BrN. The summed E-state index contributed by atoms with van der Waals surface area (Å²) < 4.78 is 1.16. The first-order chi connectivity index (χ1) is 7.65. The summed E-state index contributed by atoms with van der Waals surface area (Å²) >= 11 is 3.48. The molecule has 0 bridgehead atoms. The molecule has 0 aliphatic heterocycles. The Balaban J connectivity index is 1.96. The summed E-state index contributed by atoms with van der Waals surface area (Å²) in [5.41, 5.74) is 1.43. The number of halogens is 1. The van der Waals surface area contributed by atoms with Crippen molar-refractivity contribution < 1.29 is 0 Å². The van der Waals surface area contributed by atoms with Gasteiger partial charge in [0.1, 0.15) is 0 Å². The lowest BCUT2D eigenvalue weighted by molar-refractivity contribution is 0.226. The molecule has 0 spiro atoms. The summed E-state index contributed by atoms with van der Waals surface area (Å²) in [6.45, 7) is 6.94. The Morgan fingerprint density at radius 1 is 1.25 bits per heavy atom. The summed E-state index contributed by atoms with van der Waals surface area (Å²) in [6, 6.07) is 9.57. The number of nitrogens with zero attached hydrogens (tertiary/aromatic N) is 1. The maximum atomic E-state index is 3.48. The van der Waals surface area contributed by atoms with Gasteiger partial charge in [0.15, 0.2) is 0 Å². The predicted octanol–water partition coefficient (Wildman–Crippen LogP) is 4.07. The molecule has 1 fully saturated rings. The smallest absolute Gasteiger partial charge is 0.0236 e. The molecule has 1 aromatic rings. The number of benzene rings is 1. The fourth-order valence-corrected chi connectivity index (χ4v) is 2.34. The molecule has 1 aromatic carbocycles. The van der Waals surface area contributed by atoms with Crippen molar-refractivity contribution in [2.24, 2.45) is 5.92 Å². The van der Waals surface area contributed by atoms with Crippen LogP contribution in [0.4, 0.5) is 0 Å². The van der Waals surface area contributed by atoms with Crippen LogP contribution in [0.25, 0.3) is 0 Å². The van der Waals surface area contributed by atoms with Crippen molar-refractivity contribution in [3.8, 4) is 0 Å².